The van der Waals surface area contributed by atoms with Crippen molar-refractivity contribution in [2.45, 2.75) is 0 Å². The molecule has 0 heterocycles. The number of aliphatic carboxylic acids is 2. The Morgan fingerprint density at radius 3 is 1.30 bits per heavy atom. The molecule has 10 heavy (non-hydrogen) atoms. The zero-order valence-corrected chi connectivity index (χ0v) is 8.68. The molecule has 0 atom stereocenters. The Morgan fingerprint density at radius 2 is 1.20 bits per heavy atom. The molecule has 2 radical (unpaired) electrons. The molecule has 6 heteroatoms. The van der Waals surface area contributed by atoms with Gasteiger partial charge in [-0.2, -0.15) is 0 Å². The molecule has 0 amide bonds. The molecule has 0 spiro atoms. The Labute approximate surface area is 76.8 Å². The minimum atomic E-state index is -1.55. The number of carboxylic acids is 2. The quantitative estimate of drug-likeness (QED) is 0.375. The molecular weight excluding hydrogens is 335 g/mol. The van der Waals surface area contributed by atoms with E-state index < -0.39 is 11.9 Å². The van der Waals surface area contributed by atoms with Crippen LogP contribution in [0.5, 0.6) is 0 Å². The van der Waals surface area contributed by atoms with Gasteiger partial charge in [0.05, 0.1) is 11.9 Å². The summed E-state index contributed by atoms with van der Waals surface area (Å²) in [5.74, 6) is -3.09. The molecule has 0 rings (SSSR count). The third-order valence-corrected chi connectivity index (χ3v) is 0.355. The maximum atomic E-state index is 9.41. The van der Waals surface area contributed by atoms with Crippen molar-refractivity contribution < 1.29 is 25.3 Å². The van der Waals surface area contributed by atoms with E-state index in [1.165, 1.54) is 0 Å². The summed E-state index contributed by atoms with van der Waals surface area (Å²) in [5, 5.41) is 18.8. The summed E-state index contributed by atoms with van der Waals surface area (Å²) in [4.78, 5) is 18.8. The summed E-state index contributed by atoms with van der Waals surface area (Å²) in [7, 11) is 0. The van der Waals surface area contributed by atoms with Crippen LogP contribution in [0, 0.1) is 0 Å². The van der Waals surface area contributed by atoms with Crippen LogP contribution in [0.3, 0.4) is 0 Å². The average molecular weight is 339 g/mol. The van der Waals surface area contributed by atoms with E-state index in [1.807, 2.05) is 0 Å². The maximum Gasteiger partial charge on any atom is 2.00 e. The van der Waals surface area contributed by atoms with Crippen LogP contribution in [0.1, 0.15) is 0 Å². The number of hydrogen-bond acceptors (Lipinski definition) is 4. The van der Waals surface area contributed by atoms with Gasteiger partial charge in [-0.3, -0.25) is 0 Å². The smallest absolute Gasteiger partial charge is 0.545 e. The summed E-state index contributed by atoms with van der Waals surface area (Å²) in [6, 6.07) is 0. The van der Waals surface area contributed by atoms with Crippen molar-refractivity contribution in [1.29, 1.82) is 0 Å². The Balaban J connectivity index is -0.000000245. The summed E-state index contributed by atoms with van der Waals surface area (Å²) >= 11 is 0. The van der Waals surface area contributed by atoms with Gasteiger partial charge in [-0.05, 0) is 12.2 Å². The minimum Gasteiger partial charge on any atom is -0.545 e. The molecule has 0 saturated carbocycles. The summed E-state index contributed by atoms with van der Waals surface area (Å²) < 4.78 is 0. The molecule has 54 valence electrons. The van der Waals surface area contributed by atoms with Crippen LogP contribution in [0.4, 0.5) is 0 Å². The van der Waals surface area contributed by atoms with Crippen molar-refractivity contribution in [2.75, 3.05) is 0 Å². The van der Waals surface area contributed by atoms with Gasteiger partial charge >= 0.3 is 27.3 Å². The summed E-state index contributed by atoms with van der Waals surface area (Å²) in [5.41, 5.74) is 0. The SMILES string of the molecule is O.O=C([O-])C=CC(=O)[O-].[Pb+2]. The van der Waals surface area contributed by atoms with Gasteiger partial charge in [0.2, 0.25) is 0 Å². The first-order chi connectivity index (χ1) is 3.63. The maximum absolute atomic E-state index is 9.41. The van der Waals surface area contributed by atoms with E-state index >= 15 is 0 Å². The van der Waals surface area contributed by atoms with Crippen LogP contribution >= 0.6 is 0 Å². The van der Waals surface area contributed by atoms with E-state index in [2.05, 4.69) is 0 Å². The molecule has 0 aromatic heterocycles. The van der Waals surface area contributed by atoms with E-state index in [1.54, 1.807) is 0 Å². The largest absolute Gasteiger partial charge is 2.00 e. The van der Waals surface area contributed by atoms with Crippen LogP contribution in [0.15, 0.2) is 12.2 Å². The van der Waals surface area contributed by atoms with E-state index in [0.29, 0.717) is 12.2 Å². The van der Waals surface area contributed by atoms with Gasteiger partial charge in [0.15, 0.2) is 0 Å². The van der Waals surface area contributed by atoms with Crippen molar-refractivity contribution in [1.82, 2.24) is 0 Å². The van der Waals surface area contributed by atoms with Crippen LogP contribution < -0.4 is 10.2 Å². The number of carbonyl (C=O) groups excluding carboxylic acids is 2. The zero-order valence-electron chi connectivity index (χ0n) is 4.79. The Kier molecular flexibility index (Phi) is 13.9. The van der Waals surface area contributed by atoms with Crippen molar-refractivity contribution in [3.8, 4) is 0 Å². The average Bonchev–Trinajstić information content (AvgIpc) is 1.61. The molecular formula is C4H4O5Pb. The standard InChI is InChI=1S/C4H4O4.H2O.Pb/c5-3(6)1-2-4(7)8;;/h1-2H,(H,5,6)(H,7,8);1H2;/q;;+2/p-2. The van der Waals surface area contributed by atoms with Gasteiger partial charge in [-0.15, -0.1) is 0 Å². The second kappa shape index (κ2) is 8.56. The molecule has 0 bridgehead atoms. The van der Waals surface area contributed by atoms with Gasteiger partial charge in [0.1, 0.15) is 0 Å². The van der Waals surface area contributed by atoms with Crippen molar-refractivity contribution in [2.24, 2.45) is 0 Å². The summed E-state index contributed by atoms with van der Waals surface area (Å²) in [6.45, 7) is 0. The molecule has 0 fully saturated rings. The van der Waals surface area contributed by atoms with Gasteiger partial charge in [0, 0.05) is 0 Å². The monoisotopic (exact) mass is 340 g/mol. The fraction of sp³-hybridized carbons (Fsp3) is 0. The first kappa shape index (κ1) is 16.3. The fourth-order valence-corrected chi connectivity index (χ4v) is 0.136. The van der Waals surface area contributed by atoms with Crippen LogP contribution in [-0.2, 0) is 9.59 Å². The van der Waals surface area contributed by atoms with Crippen LogP contribution in [0.25, 0.3) is 0 Å². The van der Waals surface area contributed by atoms with E-state index in [4.69, 9.17) is 0 Å². The van der Waals surface area contributed by atoms with Gasteiger partial charge in [-0.1, -0.05) is 0 Å². The number of rotatable bonds is 2. The van der Waals surface area contributed by atoms with Crippen molar-refractivity contribution in [3.05, 3.63) is 12.2 Å². The Hall–Kier alpha value is -0.438. The van der Waals surface area contributed by atoms with E-state index in [0.717, 1.165) is 0 Å². The van der Waals surface area contributed by atoms with Crippen molar-refractivity contribution in [3.63, 3.8) is 0 Å². The second-order valence-corrected chi connectivity index (χ2v) is 0.971. The third kappa shape index (κ3) is 15.6. The van der Waals surface area contributed by atoms with Crippen LogP contribution in [0.2, 0.25) is 0 Å². The first-order valence-electron chi connectivity index (χ1n) is 1.73. The first-order valence-corrected chi connectivity index (χ1v) is 1.73. The molecule has 0 aromatic carbocycles. The molecule has 5 nitrogen and oxygen atoms in total. The number of carboxylic acid groups (broad SMARTS) is 2. The molecule has 0 aliphatic rings. The van der Waals surface area contributed by atoms with Gasteiger partial charge in [0.25, 0.3) is 0 Å². The molecule has 0 aromatic rings. The normalized spacial score (nSPS) is 7.60. The summed E-state index contributed by atoms with van der Waals surface area (Å²) in [6.07, 6.45) is 0.769. The van der Waals surface area contributed by atoms with E-state index in [9.17, 15) is 19.8 Å². The zero-order chi connectivity index (χ0) is 6.57. The van der Waals surface area contributed by atoms with Crippen molar-refractivity contribution >= 4 is 39.2 Å². The van der Waals surface area contributed by atoms with E-state index in [-0.39, 0.29) is 32.8 Å². The Morgan fingerprint density at radius 1 is 1.00 bits per heavy atom. The molecule has 0 aliphatic heterocycles. The molecule has 0 saturated heterocycles. The molecule has 0 aliphatic carbocycles. The molecule has 0 unspecified atom stereocenters. The number of carbonyl (C=O) groups is 2. The topological polar surface area (TPSA) is 112 Å². The predicted molar refractivity (Wildman–Crippen MR) is 28.5 cm³/mol. The minimum absolute atomic E-state index is 0. The molecule has 2 N–H and O–H groups in total. The van der Waals surface area contributed by atoms with Gasteiger partial charge in [-0.25, -0.2) is 0 Å². The second-order valence-electron chi connectivity index (χ2n) is 0.971. The number of hydrogen-bond donors (Lipinski definition) is 0. The fourth-order valence-electron chi connectivity index (χ4n) is 0.136. The Bertz CT molecular complexity index is 125. The van der Waals surface area contributed by atoms with Gasteiger partial charge < -0.3 is 25.3 Å². The predicted octanol–water partition coefficient (Wildman–Crippen LogP) is -4.16. The van der Waals surface area contributed by atoms with Crippen LogP contribution in [-0.4, -0.2) is 44.7 Å². The third-order valence-electron chi connectivity index (χ3n) is 0.355.